The molecule has 0 fully saturated rings. The van der Waals surface area contributed by atoms with Gasteiger partial charge in [0.2, 0.25) is 0 Å². The minimum Gasteiger partial charge on any atom is -0.496 e. The maximum Gasteiger partial charge on any atom is 0.123 e. The Hall–Kier alpha value is -1.81. The maximum atomic E-state index is 5.34. The summed E-state index contributed by atoms with van der Waals surface area (Å²) in [6.07, 6.45) is 3.14. The first-order chi connectivity index (χ1) is 9.74. The number of ether oxygens (including phenoxy) is 1. The number of para-hydroxylation sites is 1. The second kappa shape index (κ2) is 7.10. The van der Waals surface area contributed by atoms with Crippen LogP contribution in [0.15, 0.2) is 36.5 Å². The molecule has 4 heteroatoms. The Kier molecular flexibility index (Phi) is 5.18. The number of nitrogens with one attached hydrogen (secondary N) is 1. The predicted octanol–water partition coefficient (Wildman–Crippen LogP) is 3.15. The average molecular weight is 273 g/mol. The minimum absolute atomic E-state index is 0.456. The molecule has 0 aliphatic rings. The summed E-state index contributed by atoms with van der Waals surface area (Å²) >= 11 is 0. The lowest BCUT2D eigenvalue weighted by Gasteiger charge is -2.09. The van der Waals surface area contributed by atoms with Crippen LogP contribution in [0.5, 0.6) is 5.75 Å². The van der Waals surface area contributed by atoms with E-state index in [2.05, 4.69) is 36.4 Å². The van der Waals surface area contributed by atoms with E-state index in [1.807, 2.05) is 29.1 Å². The van der Waals surface area contributed by atoms with Crippen molar-refractivity contribution < 1.29 is 4.74 Å². The Bertz CT molecular complexity index is 536. The van der Waals surface area contributed by atoms with E-state index in [1.165, 1.54) is 0 Å². The zero-order valence-corrected chi connectivity index (χ0v) is 12.5. The Morgan fingerprint density at radius 3 is 2.80 bits per heavy atom. The molecule has 0 spiro atoms. The smallest absolute Gasteiger partial charge is 0.123 e. The van der Waals surface area contributed by atoms with Crippen LogP contribution in [0.2, 0.25) is 0 Å². The summed E-state index contributed by atoms with van der Waals surface area (Å²) in [7, 11) is 1.70. The van der Waals surface area contributed by atoms with E-state index in [0.717, 1.165) is 36.5 Å². The summed E-state index contributed by atoms with van der Waals surface area (Å²) in [5.41, 5.74) is 2.23. The van der Waals surface area contributed by atoms with Crippen molar-refractivity contribution in [3.05, 3.63) is 47.8 Å². The number of methoxy groups -OCH3 is 1. The van der Waals surface area contributed by atoms with Crippen LogP contribution < -0.4 is 10.1 Å². The van der Waals surface area contributed by atoms with Crippen LogP contribution >= 0.6 is 0 Å². The van der Waals surface area contributed by atoms with Crippen LogP contribution in [0.4, 0.5) is 0 Å². The Labute approximate surface area is 120 Å². The summed E-state index contributed by atoms with van der Waals surface area (Å²) in [6, 6.07) is 10.6. The second-order valence-corrected chi connectivity index (χ2v) is 4.96. The molecule has 0 aliphatic heterocycles. The van der Waals surface area contributed by atoms with Gasteiger partial charge in [-0.3, -0.25) is 4.68 Å². The lowest BCUT2D eigenvalue weighted by Crippen LogP contribution is -2.14. The van der Waals surface area contributed by atoms with E-state index >= 15 is 0 Å². The van der Waals surface area contributed by atoms with Gasteiger partial charge in [0.05, 0.1) is 12.8 Å². The first-order valence-corrected chi connectivity index (χ1v) is 7.11. The van der Waals surface area contributed by atoms with Crippen LogP contribution in [0, 0.1) is 0 Å². The maximum absolute atomic E-state index is 5.34. The van der Waals surface area contributed by atoms with Gasteiger partial charge in [0, 0.05) is 30.9 Å². The van der Waals surface area contributed by atoms with E-state index in [9.17, 15) is 0 Å². The van der Waals surface area contributed by atoms with Crippen LogP contribution in [-0.4, -0.2) is 16.9 Å². The lowest BCUT2D eigenvalue weighted by atomic mass is 10.2. The van der Waals surface area contributed by atoms with Crippen molar-refractivity contribution in [2.75, 3.05) is 7.11 Å². The molecule has 0 amide bonds. The molecule has 1 aromatic carbocycles. The standard InChI is InChI=1S/C16H23N3O/c1-4-13(2)19-10-9-15(18-19)12-17-11-14-7-5-6-8-16(14)20-3/h5-10,13,17H,4,11-12H2,1-3H3. The molecule has 1 unspecified atom stereocenters. The summed E-state index contributed by atoms with van der Waals surface area (Å²) in [5.74, 6) is 0.921. The van der Waals surface area contributed by atoms with Crippen molar-refractivity contribution in [3.63, 3.8) is 0 Å². The van der Waals surface area contributed by atoms with Gasteiger partial charge in [0.1, 0.15) is 5.75 Å². The number of hydrogen-bond acceptors (Lipinski definition) is 3. The average Bonchev–Trinajstić information content (AvgIpc) is 2.96. The largest absolute Gasteiger partial charge is 0.496 e. The molecule has 1 heterocycles. The van der Waals surface area contributed by atoms with E-state index in [1.54, 1.807) is 7.11 Å². The van der Waals surface area contributed by atoms with Crippen LogP contribution in [-0.2, 0) is 13.1 Å². The van der Waals surface area contributed by atoms with Gasteiger partial charge in [-0.15, -0.1) is 0 Å². The van der Waals surface area contributed by atoms with E-state index in [-0.39, 0.29) is 0 Å². The molecule has 1 aromatic heterocycles. The van der Waals surface area contributed by atoms with Crippen molar-refractivity contribution in [2.24, 2.45) is 0 Å². The number of rotatable bonds is 7. The minimum atomic E-state index is 0.456. The van der Waals surface area contributed by atoms with Gasteiger partial charge in [-0.1, -0.05) is 25.1 Å². The number of benzene rings is 1. The third-order valence-corrected chi connectivity index (χ3v) is 3.52. The first kappa shape index (κ1) is 14.6. The van der Waals surface area contributed by atoms with E-state index in [0.29, 0.717) is 6.04 Å². The molecular formula is C16H23N3O. The van der Waals surface area contributed by atoms with Gasteiger partial charge in [-0.25, -0.2) is 0 Å². The van der Waals surface area contributed by atoms with Crippen molar-refractivity contribution in [2.45, 2.75) is 39.4 Å². The monoisotopic (exact) mass is 273 g/mol. The molecule has 2 aromatic rings. The van der Waals surface area contributed by atoms with Crippen LogP contribution in [0.25, 0.3) is 0 Å². The normalized spacial score (nSPS) is 12.3. The summed E-state index contributed by atoms with van der Waals surface area (Å²) < 4.78 is 7.37. The molecule has 108 valence electrons. The predicted molar refractivity (Wildman–Crippen MR) is 80.8 cm³/mol. The highest BCUT2D eigenvalue weighted by Crippen LogP contribution is 2.16. The molecular weight excluding hydrogens is 250 g/mol. The van der Waals surface area contributed by atoms with Gasteiger partial charge in [0.25, 0.3) is 0 Å². The van der Waals surface area contributed by atoms with Gasteiger partial charge in [-0.05, 0) is 25.5 Å². The Morgan fingerprint density at radius 1 is 1.25 bits per heavy atom. The SMILES string of the molecule is CCC(C)n1ccc(CNCc2ccccc2OC)n1. The van der Waals surface area contributed by atoms with E-state index < -0.39 is 0 Å². The molecule has 4 nitrogen and oxygen atoms in total. The van der Waals surface area contributed by atoms with Gasteiger partial charge < -0.3 is 10.1 Å². The van der Waals surface area contributed by atoms with Crippen molar-refractivity contribution in [3.8, 4) is 5.75 Å². The molecule has 2 rings (SSSR count). The number of hydrogen-bond donors (Lipinski definition) is 1. The topological polar surface area (TPSA) is 39.1 Å². The molecule has 1 N–H and O–H groups in total. The molecule has 0 bridgehead atoms. The highest BCUT2D eigenvalue weighted by molar-refractivity contribution is 5.32. The summed E-state index contributed by atoms with van der Waals surface area (Å²) in [6.45, 7) is 5.90. The third kappa shape index (κ3) is 3.61. The fraction of sp³-hybridized carbons (Fsp3) is 0.438. The molecule has 20 heavy (non-hydrogen) atoms. The third-order valence-electron chi connectivity index (χ3n) is 3.52. The van der Waals surface area contributed by atoms with Crippen molar-refractivity contribution in [1.82, 2.24) is 15.1 Å². The molecule has 0 saturated heterocycles. The van der Waals surface area contributed by atoms with Gasteiger partial charge in [-0.2, -0.15) is 5.10 Å². The quantitative estimate of drug-likeness (QED) is 0.842. The molecule has 0 radical (unpaired) electrons. The lowest BCUT2D eigenvalue weighted by molar-refractivity contribution is 0.407. The van der Waals surface area contributed by atoms with Crippen molar-refractivity contribution >= 4 is 0 Å². The summed E-state index contributed by atoms with van der Waals surface area (Å²) in [4.78, 5) is 0. The summed E-state index contributed by atoms with van der Waals surface area (Å²) in [5, 5.41) is 7.98. The highest BCUT2D eigenvalue weighted by atomic mass is 16.5. The molecule has 0 saturated carbocycles. The highest BCUT2D eigenvalue weighted by Gasteiger charge is 2.05. The van der Waals surface area contributed by atoms with Gasteiger partial charge in [0.15, 0.2) is 0 Å². The molecule has 0 aliphatic carbocycles. The molecule has 1 atom stereocenters. The van der Waals surface area contributed by atoms with Crippen LogP contribution in [0.3, 0.4) is 0 Å². The first-order valence-electron chi connectivity index (χ1n) is 7.11. The number of nitrogens with zero attached hydrogens (tertiary/aromatic N) is 2. The fourth-order valence-electron chi connectivity index (χ4n) is 2.08. The Balaban J connectivity index is 1.88. The van der Waals surface area contributed by atoms with Crippen LogP contribution in [0.1, 0.15) is 37.6 Å². The number of aromatic nitrogens is 2. The zero-order valence-electron chi connectivity index (χ0n) is 12.5. The zero-order chi connectivity index (χ0) is 14.4. The second-order valence-electron chi connectivity index (χ2n) is 4.96. The van der Waals surface area contributed by atoms with Crippen molar-refractivity contribution in [1.29, 1.82) is 0 Å². The Morgan fingerprint density at radius 2 is 2.05 bits per heavy atom. The fourth-order valence-corrected chi connectivity index (χ4v) is 2.08. The van der Waals surface area contributed by atoms with E-state index in [4.69, 9.17) is 4.74 Å². The van der Waals surface area contributed by atoms with Gasteiger partial charge >= 0.3 is 0 Å².